The third kappa shape index (κ3) is 3.23. The molecule has 2 rings (SSSR count). The Morgan fingerprint density at radius 2 is 1.86 bits per heavy atom. The van der Waals surface area contributed by atoms with Crippen LogP contribution in [-0.4, -0.2) is 13.7 Å². The Balaban J connectivity index is 2.47. The Kier molecular flexibility index (Phi) is 4.74. The van der Waals surface area contributed by atoms with E-state index in [0.29, 0.717) is 5.69 Å². The molecule has 0 spiro atoms. The minimum atomic E-state index is -2.61. The molecular weight excluding hydrogens is 306 g/mol. The van der Waals surface area contributed by atoms with Gasteiger partial charge in [0.25, 0.3) is 5.69 Å². The molecule has 0 radical (unpaired) electrons. The Morgan fingerprint density at radius 3 is 2.32 bits per heavy atom. The first-order valence-corrected chi connectivity index (χ1v) is 7.49. The molecule has 0 aromatic heterocycles. The van der Waals surface area contributed by atoms with Crippen LogP contribution in [0.1, 0.15) is 12.5 Å². The summed E-state index contributed by atoms with van der Waals surface area (Å²) < 4.78 is 24.1. The molecule has 7 nitrogen and oxygen atoms in total. The van der Waals surface area contributed by atoms with Gasteiger partial charge in [-0.25, -0.2) is 0 Å². The average Bonchev–Trinajstić information content (AvgIpc) is 2.49. The molecule has 0 aliphatic rings. The molecule has 1 unspecified atom stereocenters. The molecule has 116 valence electrons. The fraction of sp³-hybridized carbons (Fsp3) is 0.143. The first-order valence-electron chi connectivity index (χ1n) is 6.46. The third-order valence-corrected chi connectivity index (χ3v) is 3.87. The lowest BCUT2D eigenvalue weighted by Crippen LogP contribution is -2.20. The highest BCUT2D eigenvalue weighted by Crippen LogP contribution is 2.34. The molecule has 0 aliphatic heterocycles. The van der Waals surface area contributed by atoms with Crippen molar-refractivity contribution < 1.29 is 13.7 Å². The lowest BCUT2D eigenvalue weighted by molar-refractivity contribution is -0.384. The molecule has 0 saturated heterocycles. The van der Waals surface area contributed by atoms with Crippen molar-refractivity contribution in [2.24, 2.45) is 0 Å². The van der Waals surface area contributed by atoms with Crippen LogP contribution >= 0.6 is 0 Å². The second-order valence-electron chi connectivity index (χ2n) is 4.53. The van der Waals surface area contributed by atoms with Crippen molar-refractivity contribution in [1.29, 1.82) is 0 Å². The van der Waals surface area contributed by atoms with Crippen molar-refractivity contribution in [2.75, 3.05) is 10.0 Å². The van der Waals surface area contributed by atoms with E-state index >= 15 is 0 Å². The summed E-state index contributed by atoms with van der Waals surface area (Å²) >= 11 is -2.61. The van der Waals surface area contributed by atoms with E-state index in [2.05, 4.69) is 0 Å². The number of nitrogens with zero attached hydrogens (tertiary/aromatic N) is 2. The number of aryl methyl sites for hydroxylation is 1. The highest BCUT2D eigenvalue weighted by molar-refractivity contribution is 7.81. The van der Waals surface area contributed by atoms with Gasteiger partial charge in [-0.05, 0) is 30.2 Å². The van der Waals surface area contributed by atoms with Gasteiger partial charge in [-0.2, -0.15) is 0 Å². The lowest BCUT2D eigenvalue weighted by atomic mass is 10.1. The summed E-state index contributed by atoms with van der Waals surface area (Å²) in [6, 6.07) is 10.6. The number of rotatable bonds is 5. The van der Waals surface area contributed by atoms with Crippen LogP contribution in [0.4, 0.5) is 22.7 Å². The maximum absolute atomic E-state index is 11.6. The number of anilines is 3. The van der Waals surface area contributed by atoms with Crippen LogP contribution in [0.2, 0.25) is 0 Å². The van der Waals surface area contributed by atoms with E-state index in [0.717, 1.165) is 22.4 Å². The van der Waals surface area contributed by atoms with Gasteiger partial charge in [0.1, 0.15) is 0 Å². The maximum atomic E-state index is 11.6. The van der Waals surface area contributed by atoms with E-state index < -0.39 is 16.2 Å². The zero-order valence-corrected chi connectivity index (χ0v) is 12.6. The van der Waals surface area contributed by atoms with E-state index in [-0.39, 0.29) is 17.1 Å². The van der Waals surface area contributed by atoms with Crippen molar-refractivity contribution in [3.63, 3.8) is 0 Å². The van der Waals surface area contributed by atoms with Gasteiger partial charge < -0.3 is 10.3 Å². The molecule has 2 aromatic carbocycles. The van der Waals surface area contributed by atoms with Crippen LogP contribution in [0.5, 0.6) is 0 Å². The number of benzene rings is 2. The maximum Gasteiger partial charge on any atom is 0.271 e. The molecule has 2 N–H and O–H groups in total. The number of nitro benzene ring substituents is 1. The van der Waals surface area contributed by atoms with Crippen molar-refractivity contribution in [2.45, 2.75) is 13.3 Å². The summed E-state index contributed by atoms with van der Waals surface area (Å²) in [5.74, 6) is 0. The van der Waals surface area contributed by atoms with E-state index in [1.54, 1.807) is 12.1 Å². The van der Waals surface area contributed by atoms with Gasteiger partial charge in [-0.15, -0.1) is 0 Å². The SMILES string of the molecule is CCc1ccc(N(c2ccc([N+](=O)[O-])cc2N)S(=O)[O-])cc1. The Labute approximate surface area is 129 Å². The van der Waals surface area contributed by atoms with Gasteiger partial charge in [-0.1, -0.05) is 19.1 Å². The van der Waals surface area contributed by atoms with Gasteiger partial charge in [0.05, 0.1) is 33.3 Å². The molecule has 0 amide bonds. The monoisotopic (exact) mass is 320 g/mol. The van der Waals surface area contributed by atoms with Crippen LogP contribution < -0.4 is 10.0 Å². The van der Waals surface area contributed by atoms with Crippen molar-refractivity contribution >= 4 is 34.0 Å². The van der Waals surface area contributed by atoms with Crippen LogP contribution in [0.3, 0.4) is 0 Å². The highest BCUT2D eigenvalue weighted by atomic mass is 32.2. The first-order chi connectivity index (χ1) is 10.4. The van der Waals surface area contributed by atoms with E-state index in [4.69, 9.17) is 5.73 Å². The number of hydrogen-bond donors (Lipinski definition) is 1. The van der Waals surface area contributed by atoms with Crippen LogP contribution in [0.25, 0.3) is 0 Å². The van der Waals surface area contributed by atoms with Gasteiger partial charge in [0.15, 0.2) is 0 Å². The normalized spacial score (nSPS) is 11.9. The molecule has 0 aliphatic carbocycles. The summed E-state index contributed by atoms with van der Waals surface area (Å²) in [5, 5.41) is 10.7. The van der Waals surface area contributed by atoms with E-state index in [1.807, 2.05) is 19.1 Å². The smallest absolute Gasteiger partial charge is 0.271 e. The fourth-order valence-electron chi connectivity index (χ4n) is 2.01. The lowest BCUT2D eigenvalue weighted by Gasteiger charge is -2.27. The minimum absolute atomic E-state index is 0.0120. The summed E-state index contributed by atoms with van der Waals surface area (Å²) in [6.45, 7) is 1.99. The molecule has 8 heteroatoms. The molecule has 0 bridgehead atoms. The zero-order chi connectivity index (χ0) is 16.3. The van der Waals surface area contributed by atoms with Crippen molar-refractivity contribution in [3.05, 3.63) is 58.1 Å². The molecular formula is C14H14N3O4S-. The third-order valence-electron chi connectivity index (χ3n) is 3.17. The quantitative estimate of drug-likeness (QED) is 0.394. The first kappa shape index (κ1) is 15.9. The topological polar surface area (TPSA) is 113 Å². The van der Waals surface area contributed by atoms with Gasteiger partial charge >= 0.3 is 0 Å². The summed E-state index contributed by atoms with van der Waals surface area (Å²) in [4.78, 5) is 10.1. The van der Waals surface area contributed by atoms with Crippen LogP contribution in [0, 0.1) is 10.1 Å². The van der Waals surface area contributed by atoms with Crippen molar-refractivity contribution in [1.82, 2.24) is 0 Å². The highest BCUT2D eigenvalue weighted by Gasteiger charge is 2.16. The predicted octanol–water partition coefficient (Wildman–Crippen LogP) is 2.67. The van der Waals surface area contributed by atoms with Crippen LogP contribution in [-0.2, 0) is 17.7 Å². The number of non-ortho nitro benzene ring substituents is 1. The summed E-state index contributed by atoms with van der Waals surface area (Å²) in [7, 11) is 0. The second-order valence-corrected chi connectivity index (χ2v) is 5.33. The molecule has 2 aromatic rings. The Bertz CT molecular complexity index is 719. The van der Waals surface area contributed by atoms with Crippen molar-refractivity contribution in [3.8, 4) is 0 Å². The summed E-state index contributed by atoms with van der Waals surface area (Å²) in [5.41, 5.74) is 7.23. The Morgan fingerprint density at radius 1 is 1.23 bits per heavy atom. The second kappa shape index (κ2) is 6.54. The minimum Gasteiger partial charge on any atom is -0.755 e. The Hall–Kier alpha value is -2.45. The number of nitrogens with two attached hydrogens (primary N) is 1. The molecule has 1 atom stereocenters. The molecule has 22 heavy (non-hydrogen) atoms. The van der Waals surface area contributed by atoms with Gasteiger partial charge in [0.2, 0.25) is 0 Å². The number of hydrogen-bond acceptors (Lipinski definition) is 5. The predicted molar refractivity (Wildman–Crippen MR) is 84.4 cm³/mol. The molecule has 0 saturated carbocycles. The standard InChI is InChI=1S/C14H15N3O4S/c1-2-10-3-5-11(6-4-10)16(22(20)21)14-8-7-12(17(18)19)9-13(14)15/h3-9H,2,15H2,1H3,(H,20,21)/p-1. The van der Waals surface area contributed by atoms with E-state index in [9.17, 15) is 18.9 Å². The van der Waals surface area contributed by atoms with E-state index in [1.165, 1.54) is 12.1 Å². The molecule has 0 heterocycles. The van der Waals surface area contributed by atoms with Gasteiger partial charge in [-0.3, -0.25) is 18.6 Å². The zero-order valence-electron chi connectivity index (χ0n) is 11.8. The average molecular weight is 320 g/mol. The van der Waals surface area contributed by atoms with Crippen LogP contribution in [0.15, 0.2) is 42.5 Å². The molecule has 0 fully saturated rings. The largest absolute Gasteiger partial charge is 0.755 e. The number of nitro groups is 1. The van der Waals surface area contributed by atoms with Gasteiger partial charge in [0, 0.05) is 12.1 Å². The summed E-state index contributed by atoms with van der Waals surface area (Å²) in [6.07, 6.45) is 0.834. The number of nitrogen functional groups attached to an aromatic ring is 1. The fourth-order valence-corrected chi connectivity index (χ4v) is 2.63.